The fraction of sp³-hybridized carbons (Fsp3) is 0.0714. The Labute approximate surface area is 110 Å². The third-order valence-corrected chi connectivity index (χ3v) is 2.80. The molecule has 0 N–H and O–H groups in total. The largest absolute Gasteiger partial charge is 0.311 e. The molecule has 0 spiro atoms. The molecule has 2 aromatic rings. The van der Waals surface area contributed by atoms with Gasteiger partial charge >= 0.3 is 0 Å². The molecule has 0 saturated heterocycles. The van der Waals surface area contributed by atoms with Crippen molar-refractivity contribution in [1.82, 2.24) is 0 Å². The maximum atomic E-state index is 12.8. The van der Waals surface area contributed by atoms with Crippen molar-refractivity contribution in [2.24, 2.45) is 0 Å². The zero-order chi connectivity index (χ0) is 13.0. The van der Waals surface area contributed by atoms with Gasteiger partial charge in [-0.25, -0.2) is 4.39 Å². The molecule has 2 nitrogen and oxygen atoms in total. The lowest BCUT2D eigenvalue weighted by molar-refractivity contribution is -0.107. The van der Waals surface area contributed by atoms with Crippen LogP contribution in [-0.2, 0) is 11.3 Å². The summed E-state index contributed by atoms with van der Waals surface area (Å²) in [6.45, 7) is 0.423. The van der Waals surface area contributed by atoms with E-state index in [1.54, 1.807) is 24.3 Å². The maximum Gasteiger partial charge on any atom is 0.214 e. The van der Waals surface area contributed by atoms with Crippen LogP contribution in [0.3, 0.4) is 0 Å². The van der Waals surface area contributed by atoms with Gasteiger partial charge in [0, 0.05) is 10.7 Å². The predicted octanol–water partition coefficient (Wildman–Crippen LogP) is 3.64. The number of amides is 1. The van der Waals surface area contributed by atoms with Crippen molar-refractivity contribution in [2.75, 3.05) is 4.90 Å². The number of benzene rings is 2. The molecule has 0 aliphatic rings. The molecule has 0 saturated carbocycles. The lowest BCUT2D eigenvalue weighted by atomic mass is 10.2. The smallest absolute Gasteiger partial charge is 0.214 e. The SMILES string of the molecule is O=CN(Cc1ccc(Cl)cc1)c1ccc(F)cc1. The van der Waals surface area contributed by atoms with Gasteiger partial charge in [0.2, 0.25) is 6.41 Å². The summed E-state index contributed by atoms with van der Waals surface area (Å²) >= 11 is 5.79. The maximum absolute atomic E-state index is 12.8. The number of carbonyl (C=O) groups is 1. The molecule has 0 aliphatic heterocycles. The van der Waals surface area contributed by atoms with Crippen molar-refractivity contribution in [3.63, 3.8) is 0 Å². The lowest BCUT2D eigenvalue weighted by Gasteiger charge is -2.17. The van der Waals surface area contributed by atoms with Gasteiger partial charge in [-0.3, -0.25) is 4.79 Å². The van der Waals surface area contributed by atoms with Crippen LogP contribution in [0.2, 0.25) is 5.02 Å². The summed E-state index contributed by atoms with van der Waals surface area (Å²) in [6, 6.07) is 13.0. The van der Waals surface area contributed by atoms with Crippen LogP contribution in [-0.4, -0.2) is 6.41 Å². The molecular formula is C14H11ClFNO. The van der Waals surface area contributed by atoms with Crippen LogP contribution >= 0.6 is 11.6 Å². The van der Waals surface area contributed by atoms with Crippen molar-refractivity contribution >= 4 is 23.7 Å². The highest BCUT2D eigenvalue weighted by atomic mass is 35.5. The van der Waals surface area contributed by atoms with E-state index >= 15 is 0 Å². The van der Waals surface area contributed by atoms with Crippen LogP contribution in [0.25, 0.3) is 0 Å². The Morgan fingerprint density at radius 2 is 1.67 bits per heavy atom. The Hall–Kier alpha value is -1.87. The van der Waals surface area contributed by atoms with E-state index in [-0.39, 0.29) is 5.82 Å². The van der Waals surface area contributed by atoms with Crippen molar-refractivity contribution in [3.8, 4) is 0 Å². The van der Waals surface area contributed by atoms with E-state index in [4.69, 9.17) is 11.6 Å². The molecule has 1 amide bonds. The predicted molar refractivity (Wildman–Crippen MR) is 70.1 cm³/mol. The molecule has 0 aliphatic carbocycles. The second-order valence-electron chi connectivity index (χ2n) is 3.84. The van der Waals surface area contributed by atoms with Crippen LogP contribution < -0.4 is 4.90 Å². The number of carbonyl (C=O) groups excluding carboxylic acids is 1. The Kier molecular flexibility index (Phi) is 3.95. The van der Waals surface area contributed by atoms with Gasteiger partial charge in [0.05, 0.1) is 6.54 Å². The van der Waals surface area contributed by atoms with Gasteiger partial charge in [-0.05, 0) is 42.0 Å². The van der Waals surface area contributed by atoms with Crippen molar-refractivity contribution in [1.29, 1.82) is 0 Å². The van der Waals surface area contributed by atoms with Crippen LogP contribution in [0.1, 0.15) is 5.56 Å². The van der Waals surface area contributed by atoms with Crippen LogP contribution in [0, 0.1) is 5.82 Å². The van der Waals surface area contributed by atoms with Crippen molar-refractivity contribution in [3.05, 3.63) is 64.9 Å². The Morgan fingerprint density at radius 3 is 2.22 bits per heavy atom. The molecular weight excluding hydrogens is 253 g/mol. The Morgan fingerprint density at radius 1 is 1.06 bits per heavy atom. The summed E-state index contributed by atoms with van der Waals surface area (Å²) in [7, 11) is 0. The molecule has 0 radical (unpaired) electrons. The second kappa shape index (κ2) is 5.65. The van der Waals surface area contributed by atoms with E-state index in [1.807, 2.05) is 12.1 Å². The molecule has 4 heteroatoms. The zero-order valence-corrected chi connectivity index (χ0v) is 10.3. The summed E-state index contributed by atoms with van der Waals surface area (Å²) < 4.78 is 12.8. The van der Waals surface area contributed by atoms with Gasteiger partial charge in [0.1, 0.15) is 5.82 Å². The van der Waals surface area contributed by atoms with E-state index < -0.39 is 0 Å². The number of rotatable bonds is 4. The lowest BCUT2D eigenvalue weighted by Crippen LogP contribution is -2.20. The van der Waals surface area contributed by atoms with E-state index in [0.717, 1.165) is 12.0 Å². The highest BCUT2D eigenvalue weighted by molar-refractivity contribution is 6.30. The second-order valence-corrected chi connectivity index (χ2v) is 4.27. The highest BCUT2D eigenvalue weighted by Gasteiger charge is 2.06. The third kappa shape index (κ3) is 3.08. The van der Waals surface area contributed by atoms with E-state index in [0.29, 0.717) is 17.3 Å². The summed E-state index contributed by atoms with van der Waals surface area (Å²) in [5, 5.41) is 0.651. The van der Waals surface area contributed by atoms with Gasteiger partial charge in [-0.15, -0.1) is 0 Å². The summed E-state index contributed by atoms with van der Waals surface area (Å²) in [5.41, 5.74) is 1.61. The summed E-state index contributed by atoms with van der Waals surface area (Å²) in [5.74, 6) is -0.323. The molecule has 0 aromatic heterocycles. The van der Waals surface area contributed by atoms with Crippen LogP contribution in [0.15, 0.2) is 48.5 Å². The first kappa shape index (κ1) is 12.6. The van der Waals surface area contributed by atoms with Gasteiger partial charge in [0.25, 0.3) is 0 Å². The molecule has 92 valence electrons. The topological polar surface area (TPSA) is 20.3 Å². The number of anilines is 1. The van der Waals surface area contributed by atoms with Gasteiger partial charge in [0.15, 0.2) is 0 Å². The number of hydrogen-bond acceptors (Lipinski definition) is 1. The monoisotopic (exact) mass is 263 g/mol. The van der Waals surface area contributed by atoms with Gasteiger partial charge in [-0.2, -0.15) is 0 Å². The fourth-order valence-corrected chi connectivity index (χ4v) is 1.73. The molecule has 0 atom stereocenters. The van der Waals surface area contributed by atoms with Crippen LogP contribution in [0.4, 0.5) is 10.1 Å². The Balaban J connectivity index is 2.16. The third-order valence-electron chi connectivity index (χ3n) is 2.55. The molecule has 0 heterocycles. The quantitative estimate of drug-likeness (QED) is 0.771. The first-order valence-electron chi connectivity index (χ1n) is 5.41. The molecule has 0 unspecified atom stereocenters. The van der Waals surface area contributed by atoms with Gasteiger partial charge in [-0.1, -0.05) is 23.7 Å². The average molecular weight is 264 g/mol. The zero-order valence-electron chi connectivity index (χ0n) is 9.51. The van der Waals surface area contributed by atoms with Crippen molar-refractivity contribution in [2.45, 2.75) is 6.54 Å². The molecule has 2 rings (SSSR count). The number of halogens is 2. The highest BCUT2D eigenvalue weighted by Crippen LogP contribution is 2.17. The average Bonchev–Trinajstić information content (AvgIpc) is 2.39. The molecule has 0 fully saturated rings. The molecule has 18 heavy (non-hydrogen) atoms. The normalized spacial score (nSPS) is 10.1. The van der Waals surface area contributed by atoms with E-state index in [1.165, 1.54) is 17.0 Å². The minimum absolute atomic E-state index is 0.323. The van der Waals surface area contributed by atoms with E-state index in [2.05, 4.69) is 0 Å². The van der Waals surface area contributed by atoms with Gasteiger partial charge < -0.3 is 4.90 Å². The minimum atomic E-state index is -0.323. The first-order chi connectivity index (χ1) is 8.69. The van der Waals surface area contributed by atoms with Crippen molar-refractivity contribution < 1.29 is 9.18 Å². The summed E-state index contributed by atoms with van der Waals surface area (Å²) in [4.78, 5) is 12.6. The van der Waals surface area contributed by atoms with E-state index in [9.17, 15) is 9.18 Å². The Bertz CT molecular complexity index is 524. The summed E-state index contributed by atoms with van der Waals surface area (Å²) in [6.07, 6.45) is 0.724. The minimum Gasteiger partial charge on any atom is -0.311 e. The first-order valence-corrected chi connectivity index (χ1v) is 5.79. The standard InChI is InChI=1S/C14H11ClFNO/c15-12-3-1-11(2-4-12)9-17(10-18)14-7-5-13(16)6-8-14/h1-8,10H,9H2. The van der Waals surface area contributed by atoms with Crippen LogP contribution in [0.5, 0.6) is 0 Å². The number of nitrogens with zero attached hydrogens (tertiary/aromatic N) is 1. The molecule has 2 aromatic carbocycles. The fourth-order valence-electron chi connectivity index (χ4n) is 1.61. The number of hydrogen-bond donors (Lipinski definition) is 0. The molecule has 0 bridgehead atoms.